The minimum absolute atomic E-state index is 0.287. The molecular formula is C12H14FN3O. The normalized spacial score (nSPS) is 23.9. The van der Waals surface area contributed by atoms with Crippen molar-refractivity contribution in [3.8, 4) is 0 Å². The van der Waals surface area contributed by atoms with E-state index in [1.165, 1.54) is 12.1 Å². The Kier molecular flexibility index (Phi) is 2.29. The molecule has 0 saturated heterocycles. The van der Waals surface area contributed by atoms with Gasteiger partial charge >= 0.3 is 0 Å². The maximum Gasteiger partial charge on any atom is 0.201 e. The zero-order valence-electron chi connectivity index (χ0n) is 9.56. The molecular weight excluding hydrogens is 221 g/mol. The fourth-order valence-electron chi connectivity index (χ4n) is 2.42. The van der Waals surface area contributed by atoms with Gasteiger partial charge < -0.3 is 15.0 Å². The molecule has 0 bridgehead atoms. The van der Waals surface area contributed by atoms with Crippen LogP contribution in [-0.4, -0.2) is 22.8 Å². The average molecular weight is 235 g/mol. The molecule has 0 radical (unpaired) electrons. The highest BCUT2D eigenvalue weighted by Crippen LogP contribution is 2.38. The zero-order chi connectivity index (χ0) is 12.0. The van der Waals surface area contributed by atoms with Gasteiger partial charge in [-0.25, -0.2) is 9.37 Å². The first-order chi connectivity index (χ1) is 8.19. The average Bonchev–Trinajstić information content (AvgIpc) is 2.53. The Morgan fingerprint density at radius 1 is 1.47 bits per heavy atom. The number of benzene rings is 1. The van der Waals surface area contributed by atoms with E-state index in [1.54, 1.807) is 13.2 Å². The van der Waals surface area contributed by atoms with Gasteiger partial charge in [-0.05, 0) is 25.0 Å². The topological polar surface area (TPSA) is 53.1 Å². The first-order valence-electron chi connectivity index (χ1n) is 5.65. The van der Waals surface area contributed by atoms with Gasteiger partial charge in [0.1, 0.15) is 5.82 Å². The molecule has 4 nitrogen and oxygen atoms in total. The number of anilines is 1. The summed E-state index contributed by atoms with van der Waals surface area (Å²) in [5.41, 5.74) is 7.40. The summed E-state index contributed by atoms with van der Waals surface area (Å²) < 4.78 is 20.3. The second kappa shape index (κ2) is 3.70. The van der Waals surface area contributed by atoms with Gasteiger partial charge in [-0.3, -0.25) is 0 Å². The molecule has 1 saturated carbocycles. The van der Waals surface area contributed by atoms with Gasteiger partial charge in [0.05, 0.1) is 17.1 Å². The summed E-state index contributed by atoms with van der Waals surface area (Å²) in [6.07, 6.45) is 2.17. The van der Waals surface area contributed by atoms with Crippen molar-refractivity contribution in [2.24, 2.45) is 0 Å². The smallest absolute Gasteiger partial charge is 0.201 e. The van der Waals surface area contributed by atoms with Crippen LogP contribution in [0.4, 0.5) is 10.3 Å². The number of nitrogens with zero attached hydrogens (tertiary/aromatic N) is 2. The largest absolute Gasteiger partial charge is 0.381 e. The van der Waals surface area contributed by atoms with E-state index >= 15 is 0 Å². The fraction of sp³-hybridized carbons (Fsp3) is 0.417. The number of aromatic nitrogens is 2. The SMILES string of the molecule is COC1CC(n2c(N)nc3cc(F)ccc32)C1. The highest BCUT2D eigenvalue weighted by molar-refractivity contribution is 5.78. The van der Waals surface area contributed by atoms with E-state index in [9.17, 15) is 4.39 Å². The summed E-state index contributed by atoms with van der Waals surface area (Å²) in [5, 5.41) is 0. The summed E-state index contributed by atoms with van der Waals surface area (Å²) in [4.78, 5) is 4.19. The van der Waals surface area contributed by atoms with Crippen LogP contribution in [0.2, 0.25) is 0 Å². The second-order valence-electron chi connectivity index (χ2n) is 4.46. The van der Waals surface area contributed by atoms with Gasteiger partial charge in [0.2, 0.25) is 5.95 Å². The summed E-state index contributed by atoms with van der Waals surface area (Å²) >= 11 is 0. The summed E-state index contributed by atoms with van der Waals surface area (Å²) in [5.74, 6) is 0.163. The number of hydrogen-bond donors (Lipinski definition) is 1. The molecule has 0 atom stereocenters. The van der Waals surface area contributed by atoms with Crippen LogP contribution in [0.5, 0.6) is 0 Å². The van der Waals surface area contributed by atoms with E-state index in [-0.39, 0.29) is 5.82 Å². The quantitative estimate of drug-likeness (QED) is 0.867. The van der Waals surface area contributed by atoms with Crippen molar-refractivity contribution in [1.82, 2.24) is 9.55 Å². The second-order valence-corrected chi connectivity index (χ2v) is 4.46. The number of rotatable bonds is 2. The van der Waals surface area contributed by atoms with E-state index in [0.717, 1.165) is 18.4 Å². The van der Waals surface area contributed by atoms with E-state index < -0.39 is 0 Å². The molecule has 1 heterocycles. The van der Waals surface area contributed by atoms with Crippen LogP contribution in [0.25, 0.3) is 11.0 Å². The van der Waals surface area contributed by atoms with Gasteiger partial charge in [-0.1, -0.05) is 0 Å². The Labute approximate surface area is 98.2 Å². The van der Waals surface area contributed by atoms with Crippen LogP contribution in [0.15, 0.2) is 18.2 Å². The molecule has 1 aliphatic rings. The molecule has 1 fully saturated rings. The maximum absolute atomic E-state index is 13.1. The van der Waals surface area contributed by atoms with Crippen molar-refractivity contribution >= 4 is 17.0 Å². The Bertz CT molecular complexity index is 560. The Morgan fingerprint density at radius 2 is 2.24 bits per heavy atom. The number of nitrogen functional groups attached to an aromatic ring is 1. The molecule has 5 heteroatoms. The molecule has 0 unspecified atom stereocenters. The third-order valence-electron chi connectivity index (χ3n) is 3.45. The predicted molar refractivity (Wildman–Crippen MR) is 63.2 cm³/mol. The van der Waals surface area contributed by atoms with Gasteiger partial charge in [0.25, 0.3) is 0 Å². The lowest BCUT2D eigenvalue weighted by atomic mass is 9.89. The third kappa shape index (κ3) is 1.58. The summed E-state index contributed by atoms with van der Waals surface area (Å²) in [6, 6.07) is 4.89. The lowest BCUT2D eigenvalue weighted by molar-refractivity contribution is 0.00798. The third-order valence-corrected chi connectivity index (χ3v) is 3.45. The van der Waals surface area contributed by atoms with Gasteiger partial charge in [0.15, 0.2) is 0 Å². The zero-order valence-corrected chi connectivity index (χ0v) is 9.56. The highest BCUT2D eigenvalue weighted by atomic mass is 19.1. The number of halogens is 1. The molecule has 1 aliphatic carbocycles. The summed E-state index contributed by atoms with van der Waals surface area (Å²) in [6.45, 7) is 0. The van der Waals surface area contributed by atoms with Crippen LogP contribution >= 0.6 is 0 Å². The molecule has 3 rings (SSSR count). The predicted octanol–water partition coefficient (Wildman–Crippen LogP) is 2.11. The Balaban J connectivity index is 2.02. The van der Waals surface area contributed by atoms with E-state index in [2.05, 4.69) is 4.98 Å². The van der Waals surface area contributed by atoms with Crippen LogP contribution in [0.1, 0.15) is 18.9 Å². The number of fused-ring (bicyclic) bond motifs is 1. The van der Waals surface area contributed by atoms with E-state index in [1.807, 2.05) is 4.57 Å². The van der Waals surface area contributed by atoms with Crippen molar-refractivity contribution in [1.29, 1.82) is 0 Å². The Morgan fingerprint density at radius 3 is 2.94 bits per heavy atom. The van der Waals surface area contributed by atoms with Gasteiger partial charge in [-0.15, -0.1) is 0 Å². The maximum atomic E-state index is 13.1. The number of ether oxygens (including phenoxy) is 1. The van der Waals surface area contributed by atoms with Gasteiger partial charge in [-0.2, -0.15) is 0 Å². The fourth-order valence-corrected chi connectivity index (χ4v) is 2.42. The molecule has 0 spiro atoms. The minimum atomic E-state index is -0.287. The molecule has 0 aliphatic heterocycles. The Hall–Kier alpha value is -1.62. The first kappa shape index (κ1) is 10.5. The number of hydrogen-bond acceptors (Lipinski definition) is 3. The van der Waals surface area contributed by atoms with Crippen LogP contribution in [-0.2, 0) is 4.74 Å². The molecule has 2 aromatic rings. The molecule has 2 N–H and O–H groups in total. The van der Waals surface area contributed by atoms with E-state index in [4.69, 9.17) is 10.5 Å². The number of imidazole rings is 1. The lowest BCUT2D eigenvalue weighted by Gasteiger charge is -2.35. The van der Waals surface area contributed by atoms with Crippen LogP contribution < -0.4 is 5.73 Å². The first-order valence-corrected chi connectivity index (χ1v) is 5.65. The highest BCUT2D eigenvalue weighted by Gasteiger charge is 2.32. The molecule has 17 heavy (non-hydrogen) atoms. The van der Waals surface area contributed by atoms with Gasteiger partial charge in [0, 0.05) is 19.2 Å². The number of methoxy groups -OCH3 is 1. The summed E-state index contributed by atoms with van der Waals surface area (Å²) in [7, 11) is 1.71. The van der Waals surface area contributed by atoms with Crippen molar-refractivity contribution in [3.05, 3.63) is 24.0 Å². The molecule has 90 valence electrons. The van der Waals surface area contributed by atoms with Crippen LogP contribution in [0.3, 0.4) is 0 Å². The molecule has 1 aromatic heterocycles. The monoisotopic (exact) mass is 235 g/mol. The van der Waals surface area contributed by atoms with Crippen molar-refractivity contribution in [2.45, 2.75) is 25.0 Å². The van der Waals surface area contributed by atoms with E-state index in [0.29, 0.717) is 23.6 Å². The lowest BCUT2D eigenvalue weighted by Crippen LogP contribution is -2.32. The van der Waals surface area contributed by atoms with Crippen molar-refractivity contribution in [2.75, 3.05) is 12.8 Å². The van der Waals surface area contributed by atoms with Crippen molar-refractivity contribution in [3.63, 3.8) is 0 Å². The standard InChI is InChI=1S/C12H14FN3O/c1-17-9-5-8(6-9)16-11-3-2-7(13)4-10(11)15-12(16)14/h2-4,8-9H,5-6H2,1H3,(H2,14,15). The minimum Gasteiger partial charge on any atom is -0.381 e. The molecule has 0 amide bonds. The number of nitrogens with two attached hydrogens (primary N) is 1. The van der Waals surface area contributed by atoms with Crippen molar-refractivity contribution < 1.29 is 9.13 Å². The van der Waals surface area contributed by atoms with Crippen LogP contribution in [0, 0.1) is 5.82 Å². The molecule has 1 aromatic carbocycles.